The lowest BCUT2D eigenvalue weighted by Gasteiger charge is -2.15. The number of nitrogens with one attached hydrogen (secondary N) is 2. The molecule has 2 aromatic carbocycles. The van der Waals surface area contributed by atoms with Gasteiger partial charge >= 0.3 is 0 Å². The highest BCUT2D eigenvalue weighted by molar-refractivity contribution is 5.88. The van der Waals surface area contributed by atoms with E-state index < -0.39 is 0 Å². The van der Waals surface area contributed by atoms with Crippen molar-refractivity contribution in [3.8, 4) is 5.69 Å². The van der Waals surface area contributed by atoms with Gasteiger partial charge in [0.15, 0.2) is 0 Å². The number of carbonyl (C=O) groups excluding carboxylic acids is 1. The molecule has 134 valence electrons. The second kappa shape index (κ2) is 7.97. The van der Waals surface area contributed by atoms with Crippen LogP contribution in [-0.2, 0) is 11.3 Å². The van der Waals surface area contributed by atoms with Crippen molar-refractivity contribution in [3.63, 3.8) is 0 Å². The van der Waals surface area contributed by atoms with Crippen LogP contribution in [0.3, 0.4) is 0 Å². The van der Waals surface area contributed by atoms with Gasteiger partial charge in [-0.1, -0.05) is 24.3 Å². The van der Waals surface area contributed by atoms with Crippen molar-refractivity contribution >= 4 is 11.6 Å². The van der Waals surface area contributed by atoms with Crippen LogP contribution in [0.15, 0.2) is 60.9 Å². The molecular weight excluding hydrogens is 324 g/mol. The van der Waals surface area contributed by atoms with E-state index in [1.807, 2.05) is 43.6 Å². The van der Waals surface area contributed by atoms with E-state index in [1.54, 1.807) is 0 Å². The van der Waals surface area contributed by atoms with Crippen molar-refractivity contribution in [2.75, 3.05) is 5.32 Å². The van der Waals surface area contributed by atoms with E-state index in [2.05, 4.69) is 51.4 Å². The lowest BCUT2D eigenvalue weighted by Crippen LogP contribution is -2.18. The predicted octanol–water partition coefficient (Wildman–Crippen LogP) is 3.99. The van der Waals surface area contributed by atoms with Crippen LogP contribution in [-0.4, -0.2) is 15.5 Å². The molecular formula is C21H24N4O. The molecule has 1 heterocycles. The van der Waals surface area contributed by atoms with E-state index in [-0.39, 0.29) is 11.9 Å². The highest BCUT2D eigenvalue weighted by Crippen LogP contribution is 2.18. The number of anilines is 1. The zero-order valence-electron chi connectivity index (χ0n) is 15.4. The fraction of sp³-hybridized carbons (Fsp3) is 0.238. The molecule has 0 aliphatic carbocycles. The third-order valence-electron chi connectivity index (χ3n) is 4.38. The summed E-state index contributed by atoms with van der Waals surface area (Å²) in [6.45, 7) is 6.43. The van der Waals surface area contributed by atoms with Gasteiger partial charge in [0.1, 0.15) is 5.82 Å². The third kappa shape index (κ3) is 4.37. The number of nitrogens with zero attached hydrogens (tertiary/aromatic N) is 2. The van der Waals surface area contributed by atoms with Crippen LogP contribution in [0.1, 0.15) is 36.8 Å². The van der Waals surface area contributed by atoms with Crippen molar-refractivity contribution < 1.29 is 4.79 Å². The molecule has 0 spiro atoms. The number of benzene rings is 2. The summed E-state index contributed by atoms with van der Waals surface area (Å²) >= 11 is 0. The SMILES string of the molecule is CC(=O)Nc1ccc(CN[C@H](C)c2ccc(-n3ccnc3C)cc2)cc1. The number of amides is 1. The van der Waals surface area contributed by atoms with Gasteiger partial charge in [-0.15, -0.1) is 0 Å². The summed E-state index contributed by atoms with van der Waals surface area (Å²) in [7, 11) is 0. The highest BCUT2D eigenvalue weighted by Gasteiger charge is 2.06. The second-order valence-corrected chi connectivity index (χ2v) is 6.42. The fourth-order valence-corrected chi connectivity index (χ4v) is 2.87. The maximum atomic E-state index is 11.1. The molecule has 3 rings (SSSR count). The van der Waals surface area contributed by atoms with Gasteiger partial charge in [0, 0.05) is 43.3 Å². The van der Waals surface area contributed by atoms with Gasteiger partial charge in [-0.05, 0) is 49.2 Å². The second-order valence-electron chi connectivity index (χ2n) is 6.42. The Bertz CT molecular complexity index is 866. The number of hydrogen-bond acceptors (Lipinski definition) is 3. The molecule has 0 radical (unpaired) electrons. The Morgan fingerprint density at radius 3 is 2.38 bits per heavy atom. The zero-order valence-corrected chi connectivity index (χ0v) is 15.4. The fourth-order valence-electron chi connectivity index (χ4n) is 2.87. The summed E-state index contributed by atoms with van der Waals surface area (Å²) < 4.78 is 2.07. The van der Waals surface area contributed by atoms with E-state index in [1.165, 1.54) is 18.1 Å². The van der Waals surface area contributed by atoms with Gasteiger partial charge in [0.25, 0.3) is 0 Å². The Labute approximate surface area is 154 Å². The molecule has 26 heavy (non-hydrogen) atoms. The first-order chi connectivity index (χ1) is 12.5. The van der Waals surface area contributed by atoms with Crippen molar-refractivity contribution in [1.82, 2.24) is 14.9 Å². The number of rotatable bonds is 6. The molecule has 0 fully saturated rings. The lowest BCUT2D eigenvalue weighted by molar-refractivity contribution is -0.114. The molecule has 1 amide bonds. The molecule has 0 aliphatic rings. The number of carbonyl (C=O) groups is 1. The van der Waals surface area contributed by atoms with Gasteiger partial charge in [0.05, 0.1) is 0 Å². The smallest absolute Gasteiger partial charge is 0.221 e. The maximum absolute atomic E-state index is 11.1. The molecule has 3 aromatic rings. The van der Waals surface area contributed by atoms with Crippen molar-refractivity contribution in [1.29, 1.82) is 0 Å². The van der Waals surface area contributed by atoms with Crippen LogP contribution in [0, 0.1) is 6.92 Å². The number of aryl methyl sites for hydroxylation is 1. The van der Waals surface area contributed by atoms with Gasteiger partial charge in [-0.2, -0.15) is 0 Å². The average molecular weight is 348 g/mol. The van der Waals surface area contributed by atoms with Crippen molar-refractivity contribution in [2.45, 2.75) is 33.4 Å². The van der Waals surface area contributed by atoms with Gasteiger partial charge in [-0.25, -0.2) is 4.98 Å². The summed E-state index contributed by atoms with van der Waals surface area (Å²) in [6.07, 6.45) is 3.78. The Morgan fingerprint density at radius 2 is 1.81 bits per heavy atom. The summed E-state index contributed by atoms with van der Waals surface area (Å²) in [5.41, 5.74) is 4.35. The molecule has 0 bridgehead atoms. The summed E-state index contributed by atoms with van der Waals surface area (Å²) in [5.74, 6) is 0.922. The third-order valence-corrected chi connectivity index (χ3v) is 4.38. The Hall–Kier alpha value is -2.92. The van der Waals surface area contributed by atoms with E-state index in [0.717, 1.165) is 23.7 Å². The van der Waals surface area contributed by atoms with E-state index in [0.29, 0.717) is 0 Å². The number of aromatic nitrogens is 2. The van der Waals surface area contributed by atoms with Crippen LogP contribution in [0.25, 0.3) is 5.69 Å². The maximum Gasteiger partial charge on any atom is 0.221 e. The van der Waals surface area contributed by atoms with E-state index in [9.17, 15) is 4.79 Å². The monoisotopic (exact) mass is 348 g/mol. The molecule has 2 N–H and O–H groups in total. The quantitative estimate of drug-likeness (QED) is 0.708. The van der Waals surface area contributed by atoms with Crippen LogP contribution in [0.2, 0.25) is 0 Å². The minimum absolute atomic E-state index is 0.0566. The Kier molecular flexibility index (Phi) is 5.49. The largest absolute Gasteiger partial charge is 0.326 e. The first-order valence-electron chi connectivity index (χ1n) is 8.73. The van der Waals surface area contributed by atoms with Gasteiger partial charge in [0.2, 0.25) is 5.91 Å². The first-order valence-corrected chi connectivity index (χ1v) is 8.73. The van der Waals surface area contributed by atoms with E-state index in [4.69, 9.17) is 0 Å². The van der Waals surface area contributed by atoms with Gasteiger partial charge < -0.3 is 15.2 Å². The minimum atomic E-state index is -0.0566. The lowest BCUT2D eigenvalue weighted by atomic mass is 10.1. The van der Waals surface area contributed by atoms with Crippen LogP contribution in [0.5, 0.6) is 0 Å². The highest BCUT2D eigenvalue weighted by atomic mass is 16.1. The Balaban J connectivity index is 1.59. The van der Waals surface area contributed by atoms with E-state index >= 15 is 0 Å². The summed E-state index contributed by atoms with van der Waals surface area (Å²) in [5, 5.41) is 6.31. The zero-order chi connectivity index (χ0) is 18.5. The Morgan fingerprint density at radius 1 is 1.12 bits per heavy atom. The molecule has 0 unspecified atom stereocenters. The van der Waals surface area contributed by atoms with Crippen LogP contribution >= 0.6 is 0 Å². The molecule has 1 aromatic heterocycles. The predicted molar refractivity (Wildman–Crippen MR) is 104 cm³/mol. The van der Waals surface area contributed by atoms with Crippen molar-refractivity contribution in [3.05, 3.63) is 77.9 Å². The van der Waals surface area contributed by atoms with Crippen molar-refractivity contribution in [2.24, 2.45) is 0 Å². The average Bonchev–Trinajstić information content (AvgIpc) is 3.06. The number of imidazole rings is 1. The number of hydrogen-bond donors (Lipinski definition) is 2. The summed E-state index contributed by atoms with van der Waals surface area (Å²) in [6, 6.07) is 16.7. The standard InChI is InChI=1S/C21H24N4O/c1-15(23-14-18-4-8-20(9-5-18)24-17(3)26)19-6-10-21(11-7-19)25-13-12-22-16(25)2/h4-13,15,23H,14H2,1-3H3,(H,24,26)/t15-/m1/s1. The first kappa shape index (κ1) is 17.9. The molecule has 0 saturated carbocycles. The molecule has 5 heteroatoms. The normalized spacial score (nSPS) is 12.0. The molecule has 5 nitrogen and oxygen atoms in total. The minimum Gasteiger partial charge on any atom is -0.326 e. The van der Waals surface area contributed by atoms with Crippen LogP contribution < -0.4 is 10.6 Å². The van der Waals surface area contributed by atoms with Gasteiger partial charge in [-0.3, -0.25) is 4.79 Å². The van der Waals surface area contributed by atoms with Crippen LogP contribution in [0.4, 0.5) is 5.69 Å². The molecule has 1 atom stereocenters. The molecule has 0 saturated heterocycles. The molecule has 0 aliphatic heterocycles. The topological polar surface area (TPSA) is 59.0 Å². The summed E-state index contributed by atoms with van der Waals surface area (Å²) in [4.78, 5) is 15.3.